The second-order valence-corrected chi connectivity index (χ2v) is 4.59. The Bertz CT molecular complexity index is 879. The molecule has 0 unspecified atom stereocenters. The van der Waals surface area contributed by atoms with E-state index in [1.807, 2.05) is 0 Å². The summed E-state index contributed by atoms with van der Waals surface area (Å²) in [5.41, 5.74) is 1.07. The average Bonchev–Trinajstić information content (AvgIpc) is 2.56. The molecular formula is C13H9N5O7. The van der Waals surface area contributed by atoms with Crippen LogP contribution in [-0.2, 0) is 0 Å². The summed E-state index contributed by atoms with van der Waals surface area (Å²) in [7, 11) is 0. The number of rotatable bonds is 6. The van der Waals surface area contributed by atoms with Crippen molar-refractivity contribution in [2.24, 2.45) is 5.10 Å². The Kier molecular flexibility index (Phi) is 4.83. The monoisotopic (exact) mass is 347 g/mol. The van der Waals surface area contributed by atoms with Crippen LogP contribution in [-0.4, -0.2) is 26.1 Å². The van der Waals surface area contributed by atoms with Gasteiger partial charge in [-0.3, -0.25) is 35.8 Å². The lowest BCUT2D eigenvalue weighted by Crippen LogP contribution is -1.98. The first-order chi connectivity index (χ1) is 11.8. The molecule has 25 heavy (non-hydrogen) atoms. The molecule has 0 amide bonds. The number of nitro benzene ring substituents is 3. The summed E-state index contributed by atoms with van der Waals surface area (Å²) in [5.74, 6) is -0.773. The zero-order valence-electron chi connectivity index (χ0n) is 12.2. The zero-order valence-corrected chi connectivity index (χ0v) is 12.2. The molecule has 12 nitrogen and oxygen atoms in total. The third kappa shape index (κ3) is 4.01. The van der Waals surface area contributed by atoms with Gasteiger partial charge in [0.25, 0.3) is 11.4 Å². The van der Waals surface area contributed by atoms with Gasteiger partial charge in [-0.2, -0.15) is 5.10 Å². The molecule has 128 valence electrons. The largest absolute Gasteiger partial charge is 0.502 e. The number of phenolic OH excluding ortho intramolecular Hbond substituents is 1. The smallest absolute Gasteiger partial charge is 0.318 e. The van der Waals surface area contributed by atoms with Gasteiger partial charge in [0.2, 0.25) is 5.75 Å². The van der Waals surface area contributed by atoms with Crippen molar-refractivity contribution in [2.75, 3.05) is 5.43 Å². The third-order valence-corrected chi connectivity index (χ3v) is 2.99. The molecule has 0 heterocycles. The summed E-state index contributed by atoms with van der Waals surface area (Å²) < 4.78 is 0. The first kappa shape index (κ1) is 17.3. The van der Waals surface area contributed by atoms with Gasteiger partial charge in [0, 0.05) is 18.2 Å². The van der Waals surface area contributed by atoms with Crippen molar-refractivity contribution in [3.63, 3.8) is 0 Å². The van der Waals surface area contributed by atoms with E-state index in [1.54, 1.807) is 0 Å². The molecule has 0 aliphatic rings. The van der Waals surface area contributed by atoms with Gasteiger partial charge >= 0.3 is 5.69 Å². The number of nitrogens with zero attached hydrogens (tertiary/aromatic N) is 4. The minimum Gasteiger partial charge on any atom is -0.502 e. The maximum atomic E-state index is 10.8. The van der Waals surface area contributed by atoms with Gasteiger partial charge in [-0.05, 0) is 12.1 Å². The summed E-state index contributed by atoms with van der Waals surface area (Å²) >= 11 is 0. The van der Waals surface area contributed by atoms with E-state index in [0.717, 1.165) is 12.3 Å². The van der Waals surface area contributed by atoms with Crippen LogP contribution in [0.5, 0.6) is 5.75 Å². The predicted octanol–water partition coefficient (Wildman–Crippen LogP) is 2.56. The molecule has 0 atom stereocenters. The molecule has 2 rings (SSSR count). The van der Waals surface area contributed by atoms with Gasteiger partial charge in [0.05, 0.1) is 38.3 Å². The minimum atomic E-state index is -0.955. The van der Waals surface area contributed by atoms with Crippen LogP contribution in [0.3, 0.4) is 0 Å². The Morgan fingerprint density at radius 3 is 2.04 bits per heavy atom. The summed E-state index contributed by atoms with van der Waals surface area (Å²) in [5, 5.41) is 45.7. The van der Waals surface area contributed by atoms with E-state index in [0.29, 0.717) is 11.8 Å². The summed E-state index contributed by atoms with van der Waals surface area (Å²) in [6.45, 7) is 0. The number of nitrogens with one attached hydrogen (secondary N) is 1. The molecule has 0 fully saturated rings. The summed E-state index contributed by atoms with van der Waals surface area (Å²) in [6, 6.07) is 6.75. The zero-order chi connectivity index (χ0) is 18.6. The van der Waals surface area contributed by atoms with Crippen molar-refractivity contribution in [1.82, 2.24) is 0 Å². The Morgan fingerprint density at radius 2 is 1.52 bits per heavy atom. The van der Waals surface area contributed by atoms with Crippen molar-refractivity contribution in [3.05, 3.63) is 72.3 Å². The number of nitro groups is 3. The van der Waals surface area contributed by atoms with Gasteiger partial charge in [-0.1, -0.05) is 0 Å². The number of hydrogen-bond donors (Lipinski definition) is 2. The quantitative estimate of drug-likeness (QED) is 0.455. The van der Waals surface area contributed by atoms with Crippen LogP contribution in [0.15, 0.2) is 41.5 Å². The van der Waals surface area contributed by atoms with Crippen LogP contribution in [0.4, 0.5) is 22.7 Å². The van der Waals surface area contributed by atoms with Gasteiger partial charge in [-0.15, -0.1) is 0 Å². The molecule has 12 heteroatoms. The second-order valence-electron chi connectivity index (χ2n) is 4.59. The summed E-state index contributed by atoms with van der Waals surface area (Å²) in [6.07, 6.45) is 0.955. The molecule has 2 aromatic carbocycles. The molecule has 0 aliphatic heterocycles. The highest BCUT2D eigenvalue weighted by atomic mass is 16.6. The molecule has 0 aliphatic carbocycles. The van der Waals surface area contributed by atoms with Crippen molar-refractivity contribution in [3.8, 4) is 5.75 Å². The van der Waals surface area contributed by atoms with Crippen LogP contribution < -0.4 is 5.43 Å². The van der Waals surface area contributed by atoms with E-state index in [2.05, 4.69) is 10.5 Å². The Hall–Kier alpha value is -4.09. The lowest BCUT2D eigenvalue weighted by atomic mass is 10.1. The first-order valence-corrected chi connectivity index (χ1v) is 6.49. The Morgan fingerprint density at radius 1 is 0.920 bits per heavy atom. The fourth-order valence-electron chi connectivity index (χ4n) is 1.80. The number of benzene rings is 2. The Labute approximate surface area is 138 Å². The highest BCUT2D eigenvalue weighted by molar-refractivity contribution is 5.87. The standard InChI is InChI=1S/C13H9N5O7/c19-13-8(5-11(17(22)23)6-12(13)18(24)25)7-14-15-9-1-3-10(4-2-9)16(20)21/h1-7,15,19H/b14-7+. The van der Waals surface area contributed by atoms with E-state index in [9.17, 15) is 35.4 Å². The molecule has 2 aromatic rings. The highest BCUT2D eigenvalue weighted by Gasteiger charge is 2.23. The van der Waals surface area contributed by atoms with Gasteiger partial charge < -0.3 is 5.11 Å². The highest BCUT2D eigenvalue weighted by Crippen LogP contribution is 2.33. The van der Waals surface area contributed by atoms with Gasteiger partial charge in [0.15, 0.2) is 0 Å². The summed E-state index contributed by atoms with van der Waals surface area (Å²) in [4.78, 5) is 29.8. The van der Waals surface area contributed by atoms with Crippen LogP contribution >= 0.6 is 0 Å². The van der Waals surface area contributed by atoms with Gasteiger partial charge in [-0.25, -0.2) is 0 Å². The third-order valence-electron chi connectivity index (χ3n) is 2.99. The molecule has 0 saturated carbocycles. The number of aromatic hydroxyl groups is 1. The van der Waals surface area contributed by atoms with Crippen molar-refractivity contribution < 1.29 is 19.9 Å². The fraction of sp³-hybridized carbons (Fsp3) is 0. The van der Waals surface area contributed by atoms with Crippen molar-refractivity contribution in [2.45, 2.75) is 0 Å². The average molecular weight is 347 g/mol. The number of anilines is 1. The first-order valence-electron chi connectivity index (χ1n) is 6.49. The molecule has 0 spiro atoms. The molecule has 2 N–H and O–H groups in total. The van der Waals surface area contributed by atoms with E-state index < -0.39 is 31.9 Å². The predicted molar refractivity (Wildman–Crippen MR) is 85.7 cm³/mol. The molecule has 0 saturated heterocycles. The molecule has 0 radical (unpaired) electrons. The Balaban J connectivity index is 2.26. The van der Waals surface area contributed by atoms with Crippen LogP contribution in [0, 0.1) is 30.3 Å². The SMILES string of the molecule is O=[N+]([O-])c1ccc(N/N=C/c2cc([N+](=O)[O-])cc([N+](=O)[O-])c2O)cc1. The fourth-order valence-corrected chi connectivity index (χ4v) is 1.80. The topological polar surface area (TPSA) is 174 Å². The van der Waals surface area contributed by atoms with E-state index >= 15 is 0 Å². The van der Waals surface area contributed by atoms with Crippen LogP contribution in [0.2, 0.25) is 0 Å². The van der Waals surface area contributed by atoms with Gasteiger partial charge in [0.1, 0.15) is 0 Å². The number of non-ortho nitro benzene ring substituents is 2. The minimum absolute atomic E-state index is 0.124. The number of hydrogen-bond acceptors (Lipinski definition) is 9. The molecule has 0 bridgehead atoms. The molecule has 0 aromatic heterocycles. The van der Waals surface area contributed by atoms with Crippen LogP contribution in [0.25, 0.3) is 0 Å². The maximum Gasteiger partial charge on any atom is 0.318 e. The van der Waals surface area contributed by atoms with E-state index in [1.165, 1.54) is 24.3 Å². The maximum absolute atomic E-state index is 10.8. The van der Waals surface area contributed by atoms with Crippen molar-refractivity contribution in [1.29, 1.82) is 0 Å². The van der Waals surface area contributed by atoms with E-state index in [4.69, 9.17) is 0 Å². The second kappa shape index (κ2) is 6.99. The number of phenols is 1. The van der Waals surface area contributed by atoms with Crippen molar-refractivity contribution >= 4 is 29.0 Å². The van der Waals surface area contributed by atoms with Crippen LogP contribution in [0.1, 0.15) is 5.56 Å². The lowest BCUT2D eigenvalue weighted by Gasteiger charge is -2.02. The molecular weight excluding hydrogens is 338 g/mol. The number of hydrazone groups is 1. The normalized spacial score (nSPS) is 10.6. The van der Waals surface area contributed by atoms with E-state index in [-0.39, 0.29) is 11.3 Å². The lowest BCUT2D eigenvalue weighted by molar-refractivity contribution is -0.394.